The summed E-state index contributed by atoms with van der Waals surface area (Å²) in [4.78, 5) is 24.5. The summed E-state index contributed by atoms with van der Waals surface area (Å²) in [5.41, 5.74) is 0. The Morgan fingerprint density at radius 1 is 0.375 bits per heavy atom. The number of amides is 1. The summed E-state index contributed by atoms with van der Waals surface area (Å²) < 4.78 is 5.50. The molecule has 3 N–H and O–H groups in total. The number of aliphatic hydroxyl groups excluding tert-OH is 2. The van der Waals surface area contributed by atoms with E-state index in [9.17, 15) is 19.8 Å². The quantitative estimate of drug-likeness (QED) is 0.0320. The van der Waals surface area contributed by atoms with Gasteiger partial charge in [0.2, 0.25) is 5.91 Å². The smallest absolute Gasteiger partial charge is 0.305 e. The Labute approximate surface area is 450 Å². The predicted molar refractivity (Wildman–Crippen MR) is 315 cm³/mol. The molecule has 0 aliphatic rings. The number of carbonyl (C=O) groups is 2. The van der Waals surface area contributed by atoms with Crippen molar-refractivity contribution in [3.63, 3.8) is 0 Å². The monoisotopic (exact) mass is 1020 g/mol. The number of nitrogens with one attached hydrogen (secondary N) is 1. The van der Waals surface area contributed by atoms with Crippen LogP contribution in [0.2, 0.25) is 0 Å². The number of hydrogen-bond acceptors (Lipinski definition) is 5. The second kappa shape index (κ2) is 62.1. The van der Waals surface area contributed by atoms with Gasteiger partial charge in [0.1, 0.15) is 0 Å². The first-order valence-electron chi connectivity index (χ1n) is 32.9. The summed E-state index contributed by atoms with van der Waals surface area (Å²) in [5, 5.41) is 23.2. The van der Waals surface area contributed by atoms with Gasteiger partial charge in [0.15, 0.2) is 0 Å². The van der Waals surface area contributed by atoms with Gasteiger partial charge >= 0.3 is 5.97 Å². The fraction of sp³-hybridized carbons (Fsp3) is 0.939. The Morgan fingerprint density at radius 2 is 0.653 bits per heavy atom. The van der Waals surface area contributed by atoms with Crippen LogP contribution in [0.5, 0.6) is 0 Å². The molecule has 6 heteroatoms. The largest absolute Gasteiger partial charge is 0.466 e. The zero-order valence-corrected chi connectivity index (χ0v) is 48.9. The maximum Gasteiger partial charge on any atom is 0.305 e. The first-order chi connectivity index (χ1) is 35.5. The minimum absolute atomic E-state index is 0.0193. The molecule has 0 rings (SSSR count). The molecule has 428 valence electrons. The molecule has 0 fully saturated rings. The number of aliphatic hydroxyl groups is 2. The molecule has 0 aliphatic heterocycles. The SMILES string of the molecule is CCCCCCCCCCCCCCCCCCC(=O)OCCCCCCCCCCCCCC/C=C\CCCCCCCCCCCCCC(=O)NC(CO)C(O)CCCCCCCCCCCCCC. The molecule has 0 bridgehead atoms. The number of unbranched alkanes of at least 4 members (excludes halogenated alkanes) is 49. The number of allylic oxidation sites excluding steroid dienone is 2. The molecule has 6 nitrogen and oxygen atoms in total. The van der Waals surface area contributed by atoms with E-state index in [4.69, 9.17) is 4.74 Å². The van der Waals surface area contributed by atoms with Crippen molar-refractivity contribution in [3.8, 4) is 0 Å². The zero-order chi connectivity index (χ0) is 52.2. The highest BCUT2D eigenvalue weighted by molar-refractivity contribution is 5.76. The van der Waals surface area contributed by atoms with Gasteiger partial charge in [0, 0.05) is 12.8 Å². The van der Waals surface area contributed by atoms with Gasteiger partial charge in [-0.05, 0) is 51.4 Å². The molecule has 0 aromatic carbocycles. The normalized spacial score (nSPS) is 12.6. The summed E-state index contributed by atoms with van der Waals surface area (Å²) in [6.45, 7) is 4.98. The third-order valence-corrected chi connectivity index (χ3v) is 15.6. The molecule has 0 aliphatic carbocycles. The third-order valence-electron chi connectivity index (χ3n) is 15.6. The van der Waals surface area contributed by atoms with E-state index in [0.717, 1.165) is 38.5 Å². The number of esters is 1. The fourth-order valence-corrected chi connectivity index (χ4v) is 10.5. The molecule has 0 saturated heterocycles. The van der Waals surface area contributed by atoms with Crippen LogP contribution in [0, 0.1) is 0 Å². The van der Waals surface area contributed by atoms with Crippen molar-refractivity contribution in [2.45, 2.75) is 386 Å². The van der Waals surface area contributed by atoms with E-state index in [-0.39, 0.29) is 18.5 Å². The van der Waals surface area contributed by atoms with Gasteiger partial charge in [-0.15, -0.1) is 0 Å². The van der Waals surface area contributed by atoms with Crippen LogP contribution in [0.3, 0.4) is 0 Å². The lowest BCUT2D eigenvalue weighted by molar-refractivity contribution is -0.143. The summed E-state index contributed by atoms with van der Waals surface area (Å²) in [6.07, 6.45) is 75.3. The van der Waals surface area contributed by atoms with Crippen LogP contribution in [0.15, 0.2) is 12.2 Å². The van der Waals surface area contributed by atoms with Crippen LogP contribution < -0.4 is 5.32 Å². The first kappa shape index (κ1) is 70.6. The Balaban J connectivity index is 3.35. The lowest BCUT2D eigenvalue weighted by Crippen LogP contribution is -2.45. The molecule has 0 saturated carbocycles. The topological polar surface area (TPSA) is 95.9 Å². The molecule has 0 heterocycles. The van der Waals surface area contributed by atoms with Gasteiger partial charge in [-0.1, -0.05) is 321 Å². The van der Waals surface area contributed by atoms with Crippen molar-refractivity contribution in [1.82, 2.24) is 5.32 Å². The average molecular weight is 1020 g/mol. The van der Waals surface area contributed by atoms with E-state index < -0.39 is 12.1 Å². The van der Waals surface area contributed by atoms with Crippen molar-refractivity contribution >= 4 is 11.9 Å². The number of carbonyl (C=O) groups excluding carboxylic acids is 2. The molecular formula is C66H129NO5. The van der Waals surface area contributed by atoms with Gasteiger partial charge in [0.25, 0.3) is 0 Å². The molecular weight excluding hydrogens is 887 g/mol. The highest BCUT2D eigenvalue weighted by Crippen LogP contribution is 2.18. The highest BCUT2D eigenvalue weighted by Gasteiger charge is 2.20. The van der Waals surface area contributed by atoms with Crippen LogP contribution in [0.4, 0.5) is 0 Å². The molecule has 1 amide bonds. The highest BCUT2D eigenvalue weighted by atomic mass is 16.5. The van der Waals surface area contributed by atoms with E-state index in [0.29, 0.717) is 25.9 Å². The summed E-state index contributed by atoms with van der Waals surface area (Å²) in [5.74, 6) is -0.0151. The Kier molecular flexibility index (Phi) is 60.9. The molecule has 2 atom stereocenters. The van der Waals surface area contributed by atoms with Crippen molar-refractivity contribution < 1.29 is 24.5 Å². The maximum absolute atomic E-state index is 12.5. The predicted octanol–water partition coefficient (Wildman–Crippen LogP) is 20.8. The van der Waals surface area contributed by atoms with E-state index in [1.54, 1.807) is 0 Å². The second-order valence-electron chi connectivity index (χ2n) is 22.8. The van der Waals surface area contributed by atoms with Gasteiger partial charge in [-0.2, -0.15) is 0 Å². The van der Waals surface area contributed by atoms with Crippen molar-refractivity contribution in [2.24, 2.45) is 0 Å². The molecule has 0 aromatic heterocycles. The minimum Gasteiger partial charge on any atom is -0.466 e. The second-order valence-corrected chi connectivity index (χ2v) is 22.8. The van der Waals surface area contributed by atoms with Gasteiger partial charge in [-0.3, -0.25) is 9.59 Å². The van der Waals surface area contributed by atoms with Gasteiger partial charge < -0.3 is 20.3 Å². The summed E-state index contributed by atoms with van der Waals surface area (Å²) in [6, 6.07) is -0.540. The third kappa shape index (κ3) is 57.9. The molecule has 2 unspecified atom stereocenters. The molecule has 0 spiro atoms. The number of rotatable bonds is 62. The van der Waals surface area contributed by atoms with Gasteiger partial charge in [-0.25, -0.2) is 0 Å². The Hall–Kier alpha value is -1.40. The van der Waals surface area contributed by atoms with Crippen molar-refractivity contribution in [2.75, 3.05) is 13.2 Å². The van der Waals surface area contributed by atoms with E-state index in [1.807, 2.05) is 0 Å². The minimum atomic E-state index is -0.663. The average Bonchev–Trinajstić information content (AvgIpc) is 3.38. The molecule has 0 radical (unpaired) electrons. The van der Waals surface area contributed by atoms with Crippen molar-refractivity contribution in [1.29, 1.82) is 0 Å². The number of hydrogen-bond donors (Lipinski definition) is 3. The number of ether oxygens (including phenoxy) is 1. The lowest BCUT2D eigenvalue weighted by Gasteiger charge is -2.22. The zero-order valence-electron chi connectivity index (χ0n) is 48.9. The standard InChI is InChI=1S/C66H129NO5/c1-3-5-7-9-11-13-15-17-18-33-36-40-44-48-52-56-60-66(71)72-61-57-53-49-45-41-37-34-31-29-27-25-23-21-19-20-22-24-26-28-30-32-35-39-43-47-51-55-59-65(70)67-63(62-68)64(69)58-54-50-46-42-38-16-14-12-10-8-6-4-2/h19-20,63-64,68-69H,3-18,21-62H2,1-2H3,(H,67,70)/b20-19-. The Bertz CT molecular complexity index is 1080. The van der Waals surface area contributed by atoms with Crippen LogP contribution in [0.25, 0.3) is 0 Å². The van der Waals surface area contributed by atoms with E-state index >= 15 is 0 Å². The summed E-state index contributed by atoms with van der Waals surface area (Å²) >= 11 is 0. The maximum atomic E-state index is 12.5. The molecule has 0 aromatic rings. The fourth-order valence-electron chi connectivity index (χ4n) is 10.5. The molecule has 72 heavy (non-hydrogen) atoms. The van der Waals surface area contributed by atoms with Crippen LogP contribution in [-0.4, -0.2) is 47.4 Å². The Morgan fingerprint density at radius 3 is 0.986 bits per heavy atom. The van der Waals surface area contributed by atoms with E-state index in [2.05, 4.69) is 31.3 Å². The van der Waals surface area contributed by atoms with Crippen LogP contribution in [-0.2, 0) is 14.3 Å². The van der Waals surface area contributed by atoms with Crippen LogP contribution >= 0.6 is 0 Å². The summed E-state index contributed by atoms with van der Waals surface area (Å²) in [7, 11) is 0. The lowest BCUT2D eigenvalue weighted by atomic mass is 10.0. The first-order valence-corrected chi connectivity index (χ1v) is 32.9. The van der Waals surface area contributed by atoms with E-state index in [1.165, 1.54) is 302 Å². The van der Waals surface area contributed by atoms with Crippen LogP contribution in [0.1, 0.15) is 373 Å². The van der Waals surface area contributed by atoms with Crippen molar-refractivity contribution in [3.05, 3.63) is 12.2 Å². The van der Waals surface area contributed by atoms with Gasteiger partial charge in [0.05, 0.1) is 25.4 Å².